The molecule has 0 radical (unpaired) electrons. The van der Waals surface area contributed by atoms with Gasteiger partial charge in [-0.3, -0.25) is 0 Å². The lowest BCUT2D eigenvalue weighted by molar-refractivity contribution is 0.270. The Hall–Kier alpha value is -0.730. The first-order valence-corrected chi connectivity index (χ1v) is 6.69. The highest BCUT2D eigenvalue weighted by atomic mass is 35.5. The van der Waals surface area contributed by atoms with Crippen molar-refractivity contribution in [2.45, 2.75) is 32.6 Å². The number of hydrogen-bond donors (Lipinski definition) is 1. The number of nitrogens with one attached hydrogen (secondary N) is 1. The van der Waals surface area contributed by atoms with Crippen molar-refractivity contribution in [1.29, 1.82) is 0 Å². The highest BCUT2D eigenvalue weighted by Gasteiger charge is 2.15. The maximum Gasteiger partial charge on any atom is 0.119 e. The molecule has 1 heterocycles. The van der Waals surface area contributed by atoms with Crippen LogP contribution in [0.1, 0.15) is 38.2 Å². The van der Waals surface area contributed by atoms with Gasteiger partial charge in [0.05, 0.1) is 6.61 Å². The average molecular weight is 270 g/mol. The minimum Gasteiger partial charge on any atom is -0.493 e. The van der Waals surface area contributed by atoms with Crippen molar-refractivity contribution >= 4 is 12.4 Å². The number of rotatable bonds is 4. The molecule has 0 saturated carbocycles. The van der Waals surface area contributed by atoms with Crippen molar-refractivity contribution in [1.82, 2.24) is 5.32 Å². The Morgan fingerprint density at radius 2 is 2.00 bits per heavy atom. The predicted molar refractivity (Wildman–Crippen MR) is 78.9 cm³/mol. The van der Waals surface area contributed by atoms with E-state index in [1.807, 2.05) is 0 Å². The van der Waals surface area contributed by atoms with Crippen LogP contribution in [0, 0.1) is 5.92 Å². The van der Waals surface area contributed by atoms with E-state index in [2.05, 4.69) is 43.4 Å². The van der Waals surface area contributed by atoms with Gasteiger partial charge in [0.25, 0.3) is 0 Å². The van der Waals surface area contributed by atoms with E-state index in [-0.39, 0.29) is 12.4 Å². The Balaban J connectivity index is 0.00000162. The molecule has 0 amide bonds. The predicted octanol–water partition coefficient (Wildman–Crippen LogP) is 3.61. The molecule has 0 atom stereocenters. The van der Waals surface area contributed by atoms with Crippen LogP contribution in [-0.4, -0.2) is 19.7 Å². The zero-order chi connectivity index (χ0) is 12.1. The molecule has 1 aromatic carbocycles. The van der Waals surface area contributed by atoms with Crippen molar-refractivity contribution in [3.05, 3.63) is 29.8 Å². The minimum atomic E-state index is 0. The Morgan fingerprint density at radius 3 is 2.67 bits per heavy atom. The van der Waals surface area contributed by atoms with E-state index in [9.17, 15) is 0 Å². The van der Waals surface area contributed by atoms with E-state index in [1.54, 1.807) is 0 Å². The largest absolute Gasteiger partial charge is 0.493 e. The minimum absolute atomic E-state index is 0. The van der Waals surface area contributed by atoms with Crippen LogP contribution in [0.4, 0.5) is 0 Å². The second-order valence-corrected chi connectivity index (χ2v) is 5.30. The molecule has 18 heavy (non-hydrogen) atoms. The lowest BCUT2D eigenvalue weighted by Crippen LogP contribution is -2.26. The number of halogens is 1. The van der Waals surface area contributed by atoms with Crippen LogP contribution in [-0.2, 0) is 0 Å². The molecule has 1 aliphatic rings. The highest BCUT2D eigenvalue weighted by Crippen LogP contribution is 2.27. The fourth-order valence-electron chi connectivity index (χ4n) is 2.28. The third-order valence-corrected chi connectivity index (χ3v) is 3.25. The Morgan fingerprint density at radius 1 is 1.28 bits per heavy atom. The molecule has 1 N–H and O–H groups in total. The van der Waals surface area contributed by atoms with Gasteiger partial charge >= 0.3 is 0 Å². The molecule has 2 rings (SSSR count). The Labute approximate surface area is 117 Å². The summed E-state index contributed by atoms with van der Waals surface area (Å²) in [5.41, 5.74) is 1.44. The van der Waals surface area contributed by atoms with Crippen LogP contribution >= 0.6 is 12.4 Å². The maximum absolute atomic E-state index is 5.78. The van der Waals surface area contributed by atoms with E-state index in [0.29, 0.717) is 11.8 Å². The monoisotopic (exact) mass is 269 g/mol. The maximum atomic E-state index is 5.78. The molecule has 1 saturated heterocycles. The van der Waals surface area contributed by atoms with Gasteiger partial charge in [-0.15, -0.1) is 12.4 Å². The summed E-state index contributed by atoms with van der Waals surface area (Å²) in [6, 6.07) is 8.64. The summed E-state index contributed by atoms with van der Waals surface area (Å²) in [5, 5.41) is 3.41. The molecule has 102 valence electrons. The smallest absolute Gasteiger partial charge is 0.119 e. The third kappa shape index (κ3) is 4.51. The molecular formula is C15H24ClNO. The van der Waals surface area contributed by atoms with Gasteiger partial charge < -0.3 is 10.1 Å². The van der Waals surface area contributed by atoms with Gasteiger partial charge in [0, 0.05) is 0 Å². The van der Waals surface area contributed by atoms with Crippen molar-refractivity contribution < 1.29 is 4.74 Å². The first-order chi connectivity index (χ1) is 8.25. The fraction of sp³-hybridized carbons (Fsp3) is 0.600. The van der Waals surface area contributed by atoms with Gasteiger partial charge in [-0.1, -0.05) is 26.0 Å². The lowest BCUT2D eigenvalue weighted by Gasteiger charge is -2.23. The molecule has 1 fully saturated rings. The molecular weight excluding hydrogens is 246 g/mol. The van der Waals surface area contributed by atoms with Crippen molar-refractivity contribution in [2.75, 3.05) is 19.7 Å². The van der Waals surface area contributed by atoms with Crippen LogP contribution < -0.4 is 10.1 Å². The second kappa shape index (κ2) is 7.65. The molecule has 0 unspecified atom stereocenters. The third-order valence-electron chi connectivity index (χ3n) is 3.25. The summed E-state index contributed by atoms with van der Waals surface area (Å²) in [5.74, 6) is 2.31. The van der Waals surface area contributed by atoms with Crippen LogP contribution in [0.2, 0.25) is 0 Å². The summed E-state index contributed by atoms with van der Waals surface area (Å²) < 4.78 is 5.78. The SMILES string of the molecule is CC(C)COc1cccc(C2CCNCC2)c1.Cl. The lowest BCUT2D eigenvalue weighted by atomic mass is 9.90. The van der Waals surface area contributed by atoms with Crippen LogP contribution in [0.5, 0.6) is 5.75 Å². The molecule has 2 nitrogen and oxygen atoms in total. The van der Waals surface area contributed by atoms with E-state index in [1.165, 1.54) is 18.4 Å². The van der Waals surface area contributed by atoms with E-state index in [0.717, 1.165) is 25.4 Å². The summed E-state index contributed by atoms with van der Waals surface area (Å²) in [6.07, 6.45) is 2.49. The summed E-state index contributed by atoms with van der Waals surface area (Å²) in [6.45, 7) is 7.44. The quantitative estimate of drug-likeness (QED) is 0.902. The van der Waals surface area contributed by atoms with Crippen LogP contribution in [0.15, 0.2) is 24.3 Å². The van der Waals surface area contributed by atoms with Crippen molar-refractivity contribution in [2.24, 2.45) is 5.92 Å². The summed E-state index contributed by atoms with van der Waals surface area (Å²) in [4.78, 5) is 0. The summed E-state index contributed by atoms with van der Waals surface area (Å²) in [7, 11) is 0. The van der Waals surface area contributed by atoms with E-state index >= 15 is 0 Å². The van der Waals surface area contributed by atoms with Crippen molar-refractivity contribution in [3.8, 4) is 5.75 Å². The Kier molecular flexibility index (Phi) is 6.51. The Bertz CT molecular complexity index is 348. The van der Waals surface area contributed by atoms with Gasteiger partial charge in [0.2, 0.25) is 0 Å². The molecule has 0 aliphatic carbocycles. The van der Waals surface area contributed by atoms with Gasteiger partial charge in [0.15, 0.2) is 0 Å². The molecule has 3 heteroatoms. The average Bonchev–Trinajstić information content (AvgIpc) is 2.38. The molecule has 0 bridgehead atoms. The number of piperidine rings is 1. The van der Waals surface area contributed by atoms with E-state index in [4.69, 9.17) is 4.74 Å². The number of hydrogen-bond acceptors (Lipinski definition) is 2. The van der Waals surface area contributed by atoms with E-state index < -0.39 is 0 Å². The second-order valence-electron chi connectivity index (χ2n) is 5.30. The normalized spacial score (nSPS) is 16.4. The highest BCUT2D eigenvalue weighted by molar-refractivity contribution is 5.85. The number of ether oxygens (including phenoxy) is 1. The molecule has 1 aliphatic heterocycles. The van der Waals surface area contributed by atoms with Crippen molar-refractivity contribution in [3.63, 3.8) is 0 Å². The zero-order valence-electron chi connectivity index (χ0n) is 11.3. The topological polar surface area (TPSA) is 21.3 Å². The standard InChI is InChI=1S/C15H23NO.ClH/c1-12(2)11-17-15-5-3-4-14(10-15)13-6-8-16-9-7-13;/h3-5,10,12-13,16H,6-9,11H2,1-2H3;1H. The summed E-state index contributed by atoms with van der Waals surface area (Å²) >= 11 is 0. The first kappa shape index (κ1) is 15.3. The first-order valence-electron chi connectivity index (χ1n) is 6.69. The van der Waals surface area contributed by atoms with Gasteiger partial charge in [0.1, 0.15) is 5.75 Å². The van der Waals surface area contributed by atoms with Crippen LogP contribution in [0.3, 0.4) is 0 Å². The zero-order valence-corrected chi connectivity index (χ0v) is 12.1. The molecule has 1 aromatic rings. The van der Waals surface area contributed by atoms with Crippen LogP contribution in [0.25, 0.3) is 0 Å². The molecule has 0 aromatic heterocycles. The van der Waals surface area contributed by atoms with Gasteiger partial charge in [-0.05, 0) is 55.5 Å². The number of benzene rings is 1. The van der Waals surface area contributed by atoms with Gasteiger partial charge in [-0.25, -0.2) is 0 Å². The fourth-order valence-corrected chi connectivity index (χ4v) is 2.28. The van der Waals surface area contributed by atoms with Gasteiger partial charge in [-0.2, -0.15) is 0 Å². The molecule has 0 spiro atoms.